The second-order valence-corrected chi connectivity index (χ2v) is 5.10. The zero-order valence-electron chi connectivity index (χ0n) is 9.30. The highest BCUT2D eigenvalue weighted by Crippen LogP contribution is 2.27. The molecule has 0 heterocycles. The Morgan fingerprint density at radius 2 is 2.24 bits per heavy atom. The molecule has 1 aliphatic rings. The van der Waals surface area contributed by atoms with Gasteiger partial charge in [0.15, 0.2) is 0 Å². The topological polar surface area (TPSA) is 41.1 Å². The average Bonchev–Trinajstić information content (AvgIpc) is 3.06. The van der Waals surface area contributed by atoms with E-state index >= 15 is 0 Å². The van der Waals surface area contributed by atoms with E-state index in [-0.39, 0.29) is 11.7 Å². The van der Waals surface area contributed by atoms with Gasteiger partial charge in [-0.3, -0.25) is 4.79 Å². The summed E-state index contributed by atoms with van der Waals surface area (Å²) in [5.74, 6) is 0.306. The highest BCUT2D eigenvalue weighted by atomic mass is 79.9. The Morgan fingerprint density at radius 1 is 1.47 bits per heavy atom. The van der Waals surface area contributed by atoms with Crippen LogP contribution in [0.3, 0.4) is 0 Å². The molecule has 0 aliphatic heterocycles. The first-order valence-electron chi connectivity index (χ1n) is 5.61. The molecule has 0 spiro atoms. The van der Waals surface area contributed by atoms with Crippen molar-refractivity contribution >= 4 is 27.5 Å². The summed E-state index contributed by atoms with van der Waals surface area (Å²) in [5, 5.41) is 5.81. The van der Waals surface area contributed by atoms with E-state index in [4.69, 9.17) is 0 Å². The molecule has 0 radical (unpaired) electrons. The van der Waals surface area contributed by atoms with Crippen LogP contribution < -0.4 is 10.6 Å². The molecule has 1 amide bonds. The molecule has 92 valence electrons. The lowest BCUT2D eigenvalue weighted by Gasteiger charge is -2.08. The molecule has 0 bridgehead atoms. The standard InChI is InChI=1S/C12H14BrFN2O/c13-10-5-9(14)3-4-11(10)16-12(17)7-15-6-8-1-2-8/h3-5,8,15H,1-2,6-7H2,(H,16,17). The third kappa shape index (κ3) is 4.09. The molecule has 1 aromatic carbocycles. The van der Waals surface area contributed by atoms with Crippen LogP contribution in [-0.4, -0.2) is 19.0 Å². The van der Waals surface area contributed by atoms with Gasteiger partial charge in [-0.1, -0.05) is 0 Å². The van der Waals surface area contributed by atoms with E-state index in [2.05, 4.69) is 26.6 Å². The molecule has 1 aliphatic carbocycles. The van der Waals surface area contributed by atoms with Gasteiger partial charge in [0.2, 0.25) is 5.91 Å². The van der Waals surface area contributed by atoms with Crippen molar-refractivity contribution in [3.63, 3.8) is 0 Å². The molecule has 1 aromatic rings. The Balaban J connectivity index is 1.79. The smallest absolute Gasteiger partial charge is 0.238 e. The number of hydrogen-bond donors (Lipinski definition) is 2. The lowest BCUT2D eigenvalue weighted by molar-refractivity contribution is -0.115. The molecular weight excluding hydrogens is 287 g/mol. The molecule has 2 rings (SSSR count). The highest BCUT2D eigenvalue weighted by Gasteiger charge is 2.20. The van der Waals surface area contributed by atoms with Gasteiger partial charge in [-0.25, -0.2) is 4.39 Å². The van der Waals surface area contributed by atoms with E-state index in [0.717, 1.165) is 12.5 Å². The quantitative estimate of drug-likeness (QED) is 0.877. The van der Waals surface area contributed by atoms with Crippen LogP contribution >= 0.6 is 15.9 Å². The molecular formula is C12H14BrFN2O. The minimum atomic E-state index is -0.332. The summed E-state index contributed by atoms with van der Waals surface area (Å²) in [4.78, 5) is 11.6. The number of carbonyl (C=O) groups excluding carboxylic acids is 1. The monoisotopic (exact) mass is 300 g/mol. The molecule has 0 atom stereocenters. The Kier molecular flexibility index (Phi) is 4.12. The number of hydrogen-bond acceptors (Lipinski definition) is 2. The van der Waals surface area contributed by atoms with Crippen LogP contribution in [-0.2, 0) is 4.79 Å². The Morgan fingerprint density at radius 3 is 2.88 bits per heavy atom. The van der Waals surface area contributed by atoms with Gasteiger partial charge < -0.3 is 10.6 Å². The van der Waals surface area contributed by atoms with Crippen LogP contribution in [0.5, 0.6) is 0 Å². The van der Waals surface area contributed by atoms with Gasteiger partial charge in [-0.2, -0.15) is 0 Å². The van der Waals surface area contributed by atoms with Gasteiger partial charge in [-0.05, 0) is 59.4 Å². The zero-order chi connectivity index (χ0) is 12.3. The van der Waals surface area contributed by atoms with Crippen LogP contribution in [0.1, 0.15) is 12.8 Å². The average molecular weight is 301 g/mol. The fourth-order valence-electron chi connectivity index (χ4n) is 1.50. The predicted octanol–water partition coefficient (Wildman–Crippen LogP) is 2.53. The molecule has 0 saturated heterocycles. The first-order chi connectivity index (χ1) is 8.15. The summed E-state index contributed by atoms with van der Waals surface area (Å²) in [6.45, 7) is 1.19. The minimum Gasteiger partial charge on any atom is -0.324 e. The Labute approximate surface area is 108 Å². The van der Waals surface area contributed by atoms with Crippen molar-refractivity contribution in [3.05, 3.63) is 28.5 Å². The van der Waals surface area contributed by atoms with Crippen molar-refractivity contribution < 1.29 is 9.18 Å². The molecule has 5 heteroatoms. The summed E-state index contributed by atoms with van der Waals surface area (Å²) in [5.41, 5.74) is 0.588. The van der Waals surface area contributed by atoms with E-state index in [1.165, 1.54) is 31.0 Å². The number of benzene rings is 1. The molecule has 1 fully saturated rings. The summed E-state index contributed by atoms with van der Waals surface area (Å²) in [6, 6.07) is 4.18. The molecule has 1 saturated carbocycles. The van der Waals surface area contributed by atoms with Gasteiger partial charge in [0.25, 0.3) is 0 Å². The summed E-state index contributed by atoms with van der Waals surface area (Å²) < 4.78 is 13.4. The molecule has 2 N–H and O–H groups in total. The molecule has 17 heavy (non-hydrogen) atoms. The first-order valence-corrected chi connectivity index (χ1v) is 6.40. The number of amides is 1. The number of carbonyl (C=O) groups is 1. The number of halogens is 2. The zero-order valence-corrected chi connectivity index (χ0v) is 10.9. The van der Waals surface area contributed by atoms with Crippen molar-refractivity contribution in [1.29, 1.82) is 0 Å². The van der Waals surface area contributed by atoms with Crippen molar-refractivity contribution in [2.45, 2.75) is 12.8 Å². The largest absolute Gasteiger partial charge is 0.324 e. The summed E-state index contributed by atoms with van der Waals surface area (Å²) in [6.07, 6.45) is 2.52. The summed E-state index contributed by atoms with van der Waals surface area (Å²) >= 11 is 3.20. The van der Waals surface area contributed by atoms with Gasteiger partial charge in [0.05, 0.1) is 12.2 Å². The second-order valence-electron chi connectivity index (χ2n) is 4.25. The van der Waals surface area contributed by atoms with Crippen LogP contribution in [0.15, 0.2) is 22.7 Å². The van der Waals surface area contributed by atoms with Crippen molar-refractivity contribution in [3.8, 4) is 0 Å². The van der Waals surface area contributed by atoms with Crippen LogP contribution in [0.2, 0.25) is 0 Å². The molecule has 3 nitrogen and oxygen atoms in total. The van der Waals surface area contributed by atoms with Crippen LogP contribution in [0, 0.1) is 11.7 Å². The fourth-order valence-corrected chi connectivity index (χ4v) is 1.95. The van der Waals surface area contributed by atoms with Crippen molar-refractivity contribution in [2.24, 2.45) is 5.92 Å². The van der Waals surface area contributed by atoms with E-state index in [1.807, 2.05) is 0 Å². The number of nitrogens with one attached hydrogen (secondary N) is 2. The maximum absolute atomic E-state index is 12.8. The van der Waals surface area contributed by atoms with Gasteiger partial charge in [-0.15, -0.1) is 0 Å². The van der Waals surface area contributed by atoms with Crippen molar-refractivity contribution in [2.75, 3.05) is 18.4 Å². The van der Waals surface area contributed by atoms with Gasteiger partial charge in [0, 0.05) is 4.47 Å². The SMILES string of the molecule is O=C(CNCC1CC1)Nc1ccc(F)cc1Br. The lowest BCUT2D eigenvalue weighted by Crippen LogP contribution is -2.29. The number of rotatable bonds is 5. The van der Waals surface area contributed by atoms with E-state index in [9.17, 15) is 9.18 Å². The first kappa shape index (κ1) is 12.5. The van der Waals surface area contributed by atoms with E-state index in [1.54, 1.807) is 0 Å². The van der Waals surface area contributed by atoms with E-state index in [0.29, 0.717) is 16.7 Å². The maximum Gasteiger partial charge on any atom is 0.238 e. The van der Waals surface area contributed by atoms with Crippen molar-refractivity contribution in [1.82, 2.24) is 5.32 Å². The van der Waals surface area contributed by atoms with Crippen LogP contribution in [0.25, 0.3) is 0 Å². The second kappa shape index (κ2) is 5.60. The Hall–Kier alpha value is -0.940. The molecule has 0 aromatic heterocycles. The lowest BCUT2D eigenvalue weighted by atomic mass is 10.3. The highest BCUT2D eigenvalue weighted by molar-refractivity contribution is 9.10. The predicted molar refractivity (Wildman–Crippen MR) is 68.3 cm³/mol. The maximum atomic E-state index is 12.8. The number of anilines is 1. The fraction of sp³-hybridized carbons (Fsp3) is 0.417. The van der Waals surface area contributed by atoms with Gasteiger partial charge in [0.1, 0.15) is 5.82 Å². The normalized spacial score (nSPS) is 14.7. The minimum absolute atomic E-state index is 0.113. The van der Waals surface area contributed by atoms with Crippen LogP contribution in [0.4, 0.5) is 10.1 Å². The Bertz CT molecular complexity index is 421. The van der Waals surface area contributed by atoms with Gasteiger partial charge >= 0.3 is 0 Å². The third-order valence-corrected chi connectivity index (χ3v) is 3.28. The van der Waals surface area contributed by atoms with E-state index < -0.39 is 0 Å². The third-order valence-electron chi connectivity index (χ3n) is 2.62. The molecule has 0 unspecified atom stereocenters. The summed E-state index contributed by atoms with van der Waals surface area (Å²) in [7, 11) is 0.